The first-order valence-electron chi connectivity index (χ1n) is 9.43. The quantitative estimate of drug-likeness (QED) is 0.761. The van der Waals surface area contributed by atoms with Crippen molar-refractivity contribution >= 4 is 29.2 Å². The molecule has 2 aromatic carbocycles. The summed E-state index contributed by atoms with van der Waals surface area (Å²) >= 11 is 6.08. The summed E-state index contributed by atoms with van der Waals surface area (Å²) in [5.41, 5.74) is 3.14. The SMILES string of the molecule is COC(=O)c1ccc(C)c(NC(=O)C2CCCN(Cc3cccc(Cl)c3)C2)c1. The Hall–Kier alpha value is -2.37. The summed E-state index contributed by atoms with van der Waals surface area (Å²) in [4.78, 5) is 26.9. The molecule has 0 spiro atoms. The number of hydrogen-bond acceptors (Lipinski definition) is 4. The second-order valence-electron chi connectivity index (χ2n) is 7.21. The largest absolute Gasteiger partial charge is 0.465 e. The van der Waals surface area contributed by atoms with Crippen LogP contribution in [0.3, 0.4) is 0 Å². The number of nitrogens with zero attached hydrogens (tertiary/aromatic N) is 1. The zero-order chi connectivity index (χ0) is 20.1. The number of rotatable bonds is 5. The molecule has 28 heavy (non-hydrogen) atoms. The van der Waals surface area contributed by atoms with E-state index in [1.165, 1.54) is 7.11 Å². The molecular weight excluding hydrogens is 376 g/mol. The highest BCUT2D eigenvalue weighted by Gasteiger charge is 2.26. The van der Waals surface area contributed by atoms with Crippen molar-refractivity contribution in [3.8, 4) is 0 Å². The lowest BCUT2D eigenvalue weighted by molar-refractivity contribution is -0.121. The van der Waals surface area contributed by atoms with Crippen molar-refractivity contribution < 1.29 is 14.3 Å². The first-order chi connectivity index (χ1) is 13.5. The molecule has 1 heterocycles. The summed E-state index contributed by atoms with van der Waals surface area (Å²) in [5, 5.41) is 3.72. The van der Waals surface area contributed by atoms with Gasteiger partial charge in [-0.15, -0.1) is 0 Å². The van der Waals surface area contributed by atoms with E-state index in [-0.39, 0.29) is 11.8 Å². The fourth-order valence-corrected chi connectivity index (χ4v) is 3.76. The Morgan fingerprint density at radius 2 is 2.07 bits per heavy atom. The molecule has 1 atom stereocenters. The Bertz CT molecular complexity index is 869. The van der Waals surface area contributed by atoms with Gasteiger partial charge in [0, 0.05) is 23.8 Å². The van der Waals surface area contributed by atoms with Gasteiger partial charge < -0.3 is 10.1 Å². The molecule has 148 valence electrons. The number of halogens is 1. The van der Waals surface area contributed by atoms with Crippen LogP contribution in [0.4, 0.5) is 5.69 Å². The van der Waals surface area contributed by atoms with Crippen LogP contribution in [-0.2, 0) is 16.1 Å². The Morgan fingerprint density at radius 3 is 2.82 bits per heavy atom. The Labute approximate surface area is 170 Å². The zero-order valence-corrected chi connectivity index (χ0v) is 17.0. The number of aryl methyl sites for hydroxylation is 1. The van der Waals surface area contributed by atoms with Gasteiger partial charge in [-0.05, 0) is 61.7 Å². The smallest absolute Gasteiger partial charge is 0.337 e. The standard InChI is InChI=1S/C22H25ClN2O3/c1-15-8-9-17(22(27)28-2)12-20(15)24-21(26)18-6-4-10-25(14-18)13-16-5-3-7-19(23)11-16/h3,5,7-9,11-12,18H,4,6,10,13-14H2,1-2H3,(H,24,26). The molecule has 0 bridgehead atoms. The summed E-state index contributed by atoms with van der Waals surface area (Å²) in [6.45, 7) is 4.35. The molecule has 0 radical (unpaired) electrons. The predicted octanol–water partition coefficient (Wildman–Crippen LogP) is 4.29. The average molecular weight is 401 g/mol. The minimum atomic E-state index is -0.416. The number of piperidine rings is 1. The lowest BCUT2D eigenvalue weighted by atomic mass is 9.96. The second kappa shape index (κ2) is 9.22. The molecule has 0 aliphatic carbocycles. The van der Waals surface area contributed by atoms with Crippen molar-refractivity contribution in [3.63, 3.8) is 0 Å². The van der Waals surface area contributed by atoms with Gasteiger partial charge >= 0.3 is 5.97 Å². The summed E-state index contributed by atoms with van der Waals surface area (Å²) < 4.78 is 4.76. The number of carbonyl (C=O) groups excluding carboxylic acids is 2. The van der Waals surface area contributed by atoms with E-state index in [1.54, 1.807) is 12.1 Å². The topological polar surface area (TPSA) is 58.6 Å². The van der Waals surface area contributed by atoms with Crippen LogP contribution >= 0.6 is 11.6 Å². The van der Waals surface area contributed by atoms with Crippen molar-refractivity contribution in [2.75, 3.05) is 25.5 Å². The normalized spacial score (nSPS) is 17.2. The third-order valence-corrected chi connectivity index (χ3v) is 5.32. The number of methoxy groups -OCH3 is 1. The van der Waals surface area contributed by atoms with Crippen LogP contribution in [0, 0.1) is 12.8 Å². The van der Waals surface area contributed by atoms with E-state index >= 15 is 0 Å². The van der Waals surface area contributed by atoms with Gasteiger partial charge in [0.2, 0.25) is 5.91 Å². The predicted molar refractivity (Wildman–Crippen MR) is 111 cm³/mol. The molecule has 5 nitrogen and oxygen atoms in total. The number of nitrogens with one attached hydrogen (secondary N) is 1. The summed E-state index contributed by atoms with van der Waals surface area (Å²) in [5.74, 6) is -0.518. The molecule has 2 aromatic rings. The molecule has 6 heteroatoms. The molecule has 0 saturated carbocycles. The first kappa shape index (κ1) is 20.4. The van der Waals surface area contributed by atoms with Gasteiger partial charge in [0.1, 0.15) is 0 Å². The molecule has 1 N–H and O–H groups in total. The van der Waals surface area contributed by atoms with E-state index in [4.69, 9.17) is 16.3 Å². The minimum absolute atomic E-state index is 0.0130. The minimum Gasteiger partial charge on any atom is -0.465 e. The van der Waals surface area contributed by atoms with E-state index in [2.05, 4.69) is 16.3 Å². The lowest BCUT2D eigenvalue weighted by Crippen LogP contribution is -2.40. The number of benzene rings is 2. The number of likely N-dealkylation sites (tertiary alicyclic amines) is 1. The van der Waals surface area contributed by atoms with Crippen LogP contribution in [0.2, 0.25) is 5.02 Å². The number of ether oxygens (including phenoxy) is 1. The van der Waals surface area contributed by atoms with Crippen molar-refractivity contribution in [2.45, 2.75) is 26.3 Å². The van der Waals surface area contributed by atoms with Crippen LogP contribution in [0.15, 0.2) is 42.5 Å². The number of carbonyl (C=O) groups is 2. The summed E-state index contributed by atoms with van der Waals surface area (Å²) in [6.07, 6.45) is 1.83. The van der Waals surface area contributed by atoms with Crippen molar-refractivity contribution in [2.24, 2.45) is 5.92 Å². The highest BCUT2D eigenvalue weighted by atomic mass is 35.5. The van der Waals surface area contributed by atoms with E-state index in [1.807, 2.05) is 31.2 Å². The van der Waals surface area contributed by atoms with E-state index in [9.17, 15) is 9.59 Å². The van der Waals surface area contributed by atoms with E-state index in [0.717, 1.165) is 42.1 Å². The molecule has 1 unspecified atom stereocenters. The molecule has 0 aromatic heterocycles. The highest BCUT2D eigenvalue weighted by Crippen LogP contribution is 2.23. The zero-order valence-electron chi connectivity index (χ0n) is 16.2. The maximum Gasteiger partial charge on any atom is 0.337 e. The van der Waals surface area contributed by atoms with Gasteiger partial charge in [0.05, 0.1) is 18.6 Å². The van der Waals surface area contributed by atoms with Crippen molar-refractivity contribution in [1.82, 2.24) is 4.90 Å². The Balaban J connectivity index is 1.65. The third kappa shape index (κ3) is 5.12. The van der Waals surface area contributed by atoms with Crippen LogP contribution in [0.5, 0.6) is 0 Å². The molecule has 1 aliphatic rings. The van der Waals surface area contributed by atoms with Crippen LogP contribution in [-0.4, -0.2) is 37.0 Å². The Morgan fingerprint density at radius 1 is 1.25 bits per heavy atom. The molecule has 3 rings (SSSR count). The van der Waals surface area contributed by atoms with Crippen molar-refractivity contribution in [1.29, 1.82) is 0 Å². The Kier molecular flexibility index (Phi) is 6.70. The maximum absolute atomic E-state index is 12.8. The van der Waals surface area contributed by atoms with Gasteiger partial charge in [-0.25, -0.2) is 4.79 Å². The van der Waals surface area contributed by atoms with Gasteiger partial charge in [-0.3, -0.25) is 9.69 Å². The highest BCUT2D eigenvalue weighted by molar-refractivity contribution is 6.30. The monoisotopic (exact) mass is 400 g/mol. The van der Waals surface area contributed by atoms with E-state index < -0.39 is 5.97 Å². The third-order valence-electron chi connectivity index (χ3n) is 5.09. The molecular formula is C22H25ClN2O3. The number of amides is 1. The van der Waals surface area contributed by atoms with Gasteiger partial charge in [-0.2, -0.15) is 0 Å². The van der Waals surface area contributed by atoms with Crippen LogP contribution in [0.25, 0.3) is 0 Å². The summed E-state index contributed by atoms with van der Waals surface area (Å²) in [7, 11) is 1.34. The fraction of sp³-hybridized carbons (Fsp3) is 0.364. The van der Waals surface area contributed by atoms with Gasteiger partial charge in [0.15, 0.2) is 0 Å². The molecule has 1 aliphatic heterocycles. The van der Waals surface area contributed by atoms with Crippen LogP contribution < -0.4 is 5.32 Å². The lowest BCUT2D eigenvalue weighted by Gasteiger charge is -2.32. The van der Waals surface area contributed by atoms with E-state index in [0.29, 0.717) is 17.8 Å². The van der Waals surface area contributed by atoms with Gasteiger partial charge in [0.25, 0.3) is 0 Å². The van der Waals surface area contributed by atoms with Crippen molar-refractivity contribution in [3.05, 3.63) is 64.2 Å². The molecule has 1 amide bonds. The van der Waals surface area contributed by atoms with Gasteiger partial charge in [-0.1, -0.05) is 29.8 Å². The fourth-order valence-electron chi connectivity index (χ4n) is 3.54. The average Bonchev–Trinajstić information content (AvgIpc) is 2.69. The maximum atomic E-state index is 12.8. The van der Waals surface area contributed by atoms with Crippen LogP contribution in [0.1, 0.15) is 34.3 Å². The second-order valence-corrected chi connectivity index (χ2v) is 7.65. The number of hydrogen-bond donors (Lipinski definition) is 1. The molecule has 1 fully saturated rings. The molecule has 1 saturated heterocycles. The number of anilines is 1. The first-order valence-corrected chi connectivity index (χ1v) is 9.80. The summed E-state index contributed by atoms with van der Waals surface area (Å²) in [6, 6.07) is 13.0. The number of esters is 1.